The van der Waals surface area contributed by atoms with Gasteiger partial charge in [-0.15, -0.1) is 0 Å². The van der Waals surface area contributed by atoms with E-state index in [2.05, 4.69) is 10.5 Å². The molecular formula is C15H11FN3O3-. The van der Waals surface area contributed by atoms with Crippen molar-refractivity contribution in [3.05, 3.63) is 69.5 Å². The SMILES string of the molecule is O=[N+]([O-])c1ccc([O-])c(C2=NN[C@@H](c3ccc(F)cc3)C2)c1. The van der Waals surface area contributed by atoms with E-state index in [0.29, 0.717) is 12.1 Å². The minimum atomic E-state index is -0.552. The van der Waals surface area contributed by atoms with Crippen molar-refractivity contribution in [1.29, 1.82) is 0 Å². The summed E-state index contributed by atoms with van der Waals surface area (Å²) >= 11 is 0. The Hall–Kier alpha value is -2.96. The van der Waals surface area contributed by atoms with Gasteiger partial charge in [0, 0.05) is 18.6 Å². The molecule has 0 aliphatic carbocycles. The molecule has 2 aromatic rings. The maximum absolute atomic E-state index is 12.9. The zero-order valence-electron chi connectivity index (χ0n) is 11.3. The summed E-state index contributed by atoms with van der Waals surface area (Å²) in [4.78, 5) is 10.3. The first-order chi connectivity index (χ1) is 10.5. The molecule has 1 aliphatic heterocycles. The van der Waals surface area contributed by atoms with Crippen LogP contribution in [0.4, 0.5) is 10.1 Å². The molecular weight excluding hydrogens is 289 g/mol. The Morgan fingerprint density at radius 2 is 1.95 bits per heavy atom. The molecule has 1 atom stereocenters. The molecule has 0 radical (unpaired) electrons. The van der Waals surface area contributed by atoms with Crippen LogP contribution in [0.1, 0.15) is 23.6 Å². The molecule has 22 heavy (non-hydrogen) atoms. The molecule has 0 saturated carbocycles. The highest BCUT2D eigenvalue weighted by Crippen LogP contribution is 2.29. The molecule has 0 unspecified atom stereocenters. The van der Waals surface area contributed by atoms with Crippen LogP contribution in [0.25, 0.3) is 0 Å². The summed E-state index contributed by atoms with van der Waals surface area (Å²) in [6, 6.07) is 9.36. The molecule has 0 amide bonds. The van der Waals surface area contributed by atoms with Crippen molar-refractivity contribution >= 4 is 11.4 Å². The average molecular weight is 300 g/mol. The largest absolute Gasteiger partial charge is 0.872 e. The lowest BCUT2D eigenvalue weighted by molar-refractivity contribution is -0.385. The zero-order chi connectivity index (χ0) is 15.7. The minimum absolute atomic E-state index is 0.150. The zero-order valence-corrected chi connectivity index (χ0v) is 11.3. The van der Waals surface area contributed by atoms with Crippen LogP contribution < -0.4 is 10.5 Å². The van der Waals surface area contributed by atoms with Crippen LogP contribution in [0.15, 0.2) is 47.6 Å². The topological polar surface area (TPSA) is 90.6 Å². The molecule has 1 heterocycles. The van der Waals surface area contributed by atoms with Gasteiger partial charge in [0.15, 0.2) is 0 Å². The lowest BCUT2D eigenvalue weighted by Crippen LogP contribution is -2.10. The number of halogens is 1. The molecule has 1 aliphatic rings. The average Bonchev–Trinajstić information content (AvgIpc) is 2.98. The number of hydrogen-bond donors (Lipinski definition) is 1. The summed E-state index contributed by atoms with van der Waals surface area (Å²) in [6.45, 7) is 0. The van der Waals surface area contributed by atoms with Gasteiger partial charge in [0.1, 0.15) is 5.82 Å². The molecule has 2 aromatic carbocycles. The number of benzene rings is 2. The van der Waals surface area contributed by atoms with Gasteiger partial charge in [-0.05, 0) is 23.3 Å². The summed E-state index contributed by atoms with van der Waals surface area (Å²) in [6.07, 6.45) is 0.405. The quantitative estimate of drug-likeness (QED) is 0.695. The van der Waals surface area contributed by atoms with Crippen molar-refractivity contribution in [3.8, 4) is 5.75 Å². The smallest absolute Gasteiger partial charge is 0.270 e. The third-order valence-corrected chi connectivity index (χ3v) is 3.51. The van der Waals surface area contributed by atoms with Crippen molar-refractivity contribution in [2.75, 3.05) is 0 Å². The Balaban J connectivity index is 1.84. The van der Waals surface area contributed by atoms with Crippen molar-refractivity contribution in [3.63, 3.8) is 0 Å². The van der Waals surface area contributed by atoms with Gasteiger partial charge in [-0.3, -0.25) is 10.1 Å². The van der Waals surface area contributed by atoms with Crippen LogP contribution in [0.2, 0.25) is 0 Å². The molecule has 0 fully saturated rings. The molecule has 0 saturated heterocycles. The van der Waals surface area contributed by atoms with Gasteiger partial charge in [-0.2, -0.15) is 5.10 Å². The van der Waals surface area contributed by atoms with Gasteiger partial charge >= 0.3 is 0 Å². The first-order valence-electron chi connectivity index (χ1n) is 6.58. The van der Waals surface area contributed by atoms with E-state index in [1.165, 1.54) is 30.3 Å². The van der Waals surface area contributed by atoms with E-state index >= 15 is 0 Å². The van der Waals surface area contributed by atoms with Gasteiger partial charge in [-0.25, -0.2) is 4.39 Å². The van der Waals surface area contributed by atoms with E-state index in [0.717, 1.165) is 5.56 Å². The maximum Gasteiger partial charge on any atom is 0.270 e. The summed E-state index contributed by atoms with van der Waals surface area (Å²) < 4.78 is 12.9. The minimum Gasteiger partial charge on any atom is -0.872 e. The Morgan fingerprint density at radius 1 is 1.23 bits per heavy atom. The second-order valence-corrected chi connectivity index (χ2v) is 4.93. The predicted octanol–water partition coefficient (Wildman–Crippen LogP) is 2.25. The monoisotopic (exact) mass is 300 g/mol. The molecule has 1 N–H and O–H groups in total. The van der Waals surface area contributed by atoms with E-state index in [4.69, 9.17) is 0 Å². The van der Waals surface area contributed by atoms with Crippen LogP contribution in [0.5, 0.6) is 5.75 Å². The number of hydrazone groups is 1. The summed E-state index contributed by atoms with van der Waals surface area (Å²) in [5, 5.41) is 26.8. The molecule has 7 heteroatoms. The summed E-state index contributed by atoms with van der Waals surface area (Å²) in [5.74, 6) is -0.644. The predicted molar refractivity (Wildman–Crippen MR) is 76.0 cm³/mol. The van der Waals surface area contributed by atoms with E-state index in [9.17, 15) is 19.6 Å². The van der Waals surface area contributed by atoms with Gasteiger partial charge in [-0.1, -0.05) is 23.9 Å². The van der Waals surface area contributed by atoms with Crippen LogP contribution >= 0.6 is 0 Å². The Bertz CT molecular complexity index is 759. The number of nitrogens with zero attached hydrogens (tertiary/aromatic N) is 2. The van der Waals surface area contributed by atoms with Crippen molar-refractivity contribution in [2.45, 2.75) is 12.5 Å². The molecule has 112 valence electrons. The fourth-order valence-electron chi connectivity index (χ4n) is 2.36. The first-order valence-corrected chi connectivity index (χ1v) is 6.58. The lowest BCUT2D eigenvalue weighted by atomic mass is 9.98. The lowest BCUT2D eigenvalue weighted by Gasteiger charge is -2.13. The molecule has 6 nitrogen and oxygen atoms in total. The van der Waals surface area contributed by atoms with Crippen LogP contribution in [0.3, 0.4) is 0 Å². The fourth-order valence-corrected chi connectivity index (χ4v) is 2.36. The Morgan fingerprint density at radius 3 is 2.64 bits per heavy atom. The highest BCUT2D eigenvalue weighted by molar-refractivity contribution is 6.04. The maximum atomic E-state index is 12.9. The van der Waals surface area contributed by atoms with Gasteiger partial charge in [0.05, 0.1) is 16.7 Å². The van der Waals surface area contributed by atoms with Crippen LogP contribution in [0, 0.1) is 15.9 Å². The van der Waals surface area contributed by atoms with Crippen molar-refractivity contribution < 1.29 is 14.4 Å². The number of rotatable bonds is 3. The van der Waals surface area contributed by atoms with Crippen molar-refractivity contribution in [2.24, 2.45) is 5.10 Å². The van der Waals surface area contributed by atoms with Crippen molar-refractivity contribution in [1.82, 2.24) is 5.43 Å². The molecule has 3 rings (SSSR count). The molecule has 0 spiro atoms. The molecule has 0 aromatic heterocycles. The van der Waals surface area contributed by atoms with Gasteiger partial charge in [0.2, 0.25) is 0 Å². The van der Waals surface area contributed by atoms with Crippen LogP contribution in [-0.4, -0.2) is 10.6 Å². The number of nitro benzene ring substituents is 1. The fraction of sp³-hybridized carbons (Fsp3) is 0.133. The third kappa shape index (κ3) is 2.60. The summed E-state index contributed by atoms with van der Waals surface area (Å²) in [5.41, 5.74) is 4.23. The van der Waals surface area contributed by atoms with Gasteiger partial charge < -0.3 is 10.5 Å². The number of non-ortho nitro benzene ring substituents is 1. The Labute approximate surface area is 125 Å². The standard InChI is InChI=1S/C15H12FN3O3/c16-10-3-1-9(2-4-10)13-8-14(18-17-13)12-7-11(19(21)22)5-6-15(12)20/h1-7,13,17,20H,8H2/p-1/t13-/m1/s1. The molecule has 0 bridgehead atoms. The van der Waals surface area contributed by atoms with E-state index in [-0.39, 0.29) is 28.9 Å². The van der Waals surface area contributed by atoms with E-state index in [1.807, 2.05) is 0 Å². The number of hydrogen-bond acceptors (Lipinski definition) is 5. The number of nitrogens with one attached hydrogen (secondary N) is 1. The first kappa shape index (κ1) is 14.0. The van der Waals surface area contributed by atoms with E-state index in [1.54, 1.807) is 12.1 Å². The summed E-state index contributed by atoms with van der Waals surface area (Å²) in [7, 11) is 0. The second kappa shape index (κ2) is 5.44. The number of nitro groups is 1. The second-order valence-electron chi connectivity index (χ2n) is 4.93. The van der Waals surface area contributed by atoms with Gasteiger partial charge in [0.25, 0.3) is 5.69 Å². The van der Waals surface area contributed by atoms with E-state index < -0.39 is 4.92 Å². The Kier molecular flexibility index (Phi) is 3.46. The highest BCUT2D eigenvalue weighted by atomic mass is 19.1. The third-order valence-electron chi connectivity index (χ3n) is 3.51. The van der Waals surface area contributed by atoms with Crippen LogP contribution in [-0.2, 0) is 0 Å². The highest BCUT2D eigenvalue weighted by Gasteiger charge is 2.22. The normalized spacial score (nSPS) is 17.0.